The molecule has 4 nitrogen and oxygen atoms in total. The molecule has 0 fully saturated rings. The summed E-state index contributed by atoms with van der Waals surface area (Å²) in [6.07, 6.45) is 2.62. The van der Waals surface area contributed by atoms with Gasteiger partial charge in [0.05, 0.1) is 0 Å². The summed E-state index contributed by atoms with van der Waals surface area (Å²) in [5, 5.41) is 4.53. The van der Waals surface area contributed by atoms with Gasteiger partial charge in [-0.15, -0.1) is 0 Å². The molecule has 1 aliphatic heterocycles. The number of hydrogen-bond donors (Lipinski definition) is 2. The molecule has 0 bridgehead atoms. The van der Waals surface area contributed by atoms with Crippen LogP contribution in [-0.2, 0) is 6.42 Å². The van der Waals surface area contributed by atoms with Crippen LogP contribution >= 0.6 is 0 Å². The Morgan fingerprint density at radius 3 is 2.45 bits per heavy atom. The molecule has 22 heavy (non-hydrogen) atoms. The number of aromatic amines is 1. The maximum atomic E-state index is 11.2. The highest BCUT2D eigenvalue weighted by Crippen LogP contribution is 2.12. The van der Waals surface area contributed by atoms with Crippen LogP contribution in [-0.4, -0.2) is 17.4 Å². The third-order valence-electron chi connectivity index (χ3n) is 3.62. The van der Waals surface area contributed by atoms with Gasteiger partial charge in [-0.05, 0) is 35.6 Å². The number of H-pyrrole nitrogens is 1. The van der Waals surface area contributed by atoms with Gasteiger partial charge in [0.1, 0.15) is 0 Å². The summed E-state index contributed by atoms with van der Waals surface area (Å²) in [4.78, 5) is 24.9. The molecule has 1 amide bonds. The second-order valence-electron chi connectivity index (χ2n) is 5.06. The molecule has 1 aromatic heterocycles. The highest BCUT2D eigenvalue weighted by atomic mass is 16.1. The van der Waals surface area contributed by atoms with E-state index in [4.69, 9.17) is 0 Å². The van der Waals surface area contributed by atoms with Gasteiger partial charge in [0.25, 0.3) is 11.5 Å². The first-order valence-corrected chi connectivity index (χ1v) is 7.18. The van der Waals surface area contributed by atoms with Crippen LogP contribution in [0.2, 0.25) is 0 Å². The van der Waals surface area contributed by atoms with Gasteiger partial charge >= 0.3 is 0 Å². The summed E-state index contributed by atoms with van der Waals surface area (Å²) in [6, 6.07) is 17.1. The number of benzene rings is 2. The van der Waals surface area contributed by atoms with E-state index in [1.807, 2.05) is 54.6 Å². The molecule has 0 radical (unpaired) electrons. The number of fused-ring (bicyclic) bond motifs is 2. The molecule has 1 aliphatic rings. The standard InChI is InChI=1S/C9H9NO.C9H7NO/c2*11-9-8-4-2-1-3-7(8)5-6-10-9/h1-4H,5-6H2,(H,10,11);1-6H,(H,10,11). The van der Waals surface area contributed by atoms with E-state index in [2.05, 4.69) is 10.3 Å². The predicted molar refractivity (Wildman–Crippen MR) is 87.0 cm³/mol. The Morgan fingerprint density at radius 1 is 0.864 bits per heavy atom. The molecule has 0 saturated carbocycles. The summed E-state index contributed by atoms with van der Waals surface area (Å²) in [5.74, 6) is 0.0619. The van der Waals surface area contributed by atoms with Crippen molar-refractivity contribution in [3.8, 4) is 0 Å². The van der Waals surface area contributed by atoms with E-state index < -0.39 is 0 Å². The number of rotatable bonds is 0. The Kier molecular flexibility index (Phi) is 4.01. The molecule has 0 aliphatic carbocycles. The van der Waals surface area contributed by atoms with E-state index >= 15 is 0 Å². The van der Waals surface area contributed by atoms with Gasteiger partial charge in [-0.2, -0.15) is 0 Å². The minimum atomic E-state index is -0.0249. The predicted octanol–water partition coefficient (Wildman–Crippen LogP) is 2.50. The van der Waals surface area contributed by atoms with E-state index in [0.717, 1.165) is 34.9 Å². The molecule has 2 N–H and O–H groups in total. The number of pyridine rings is 1. The van der Waals surface area contributed by atoms with Crippen molar-refractivity contribution in [2.45, 2.75) is 6.42 Å². The molecule has 0 saturated heterocycles. The molecule has 4 rings (SSSR count). The fourth-order valence-corrected chi connectivity index (χ4v) is 2.50. The molecule has 2 heterocycles. The number of amides is 1. The molecule has 110 valence electrons. The topological polar surface area (TPSA) is 62.0 Å². The van der Waals surface area contributed by atoms with Crippen molar-refractivity contribution in [2.24, 2.45) is 0 Å². The van der Waals surface area contributed by atoms with Crippen molar-refractivity contribution >= 4 is 16.7 Å². The van der Waals surface area contributed by atoms with Gasteiger partial charge in [-0.25, -0.2) is 0 Å². The fraction of sp³-hybridized carbons (Fsp3) is 0.111. The van der Waals surface area contributed by atoms with Crippen molar-refractivity contribution in [2.75, 3.05) is 6.54 Å². The van der Waals surface area contributed by atoms with Crippen LogP contribution in [0.3, 0.4) is 0 Å². The highest BCUT2D eigenvalue weighted by molar-refractivity contribution is 5.96. The molecule has 4 heteroatoms. The van der Waals surface area contributed by atoms with Crippen LogP contribution in [0.4, 0.5) is 0 Å². The number of hydrogen-bond acceptors (Lipinski definition) is 2. The Bertz CT molecular complexity index is 863. The third-order valence-corrected chi connectivity index (χ3v) is 3.62. The Labute approximate surface area is 127 Å². The summed E-state index contributed by atoms with van der Waals surface area (Å²) in [7, 11) is 0. The normalized spacial score (nSPS) is 12.8. The first-order chi connectivity index (χ1) is 10.8. The second kappa shape index (κ2) is 6.26. The lowest BCUT2D eigenvalue weighted by Gasteiger charge is -2.15. The largest absolute Gasteiger partial charge is 0.352 e. The SMILES string of the molecule is O=C1NCCc2ccccc21.O=c1[nH]ccc2ccccc12. The monoisotopic (exact) mass is 292 g/mol. The Morgan fingerprint density at radius 2 is 1.64 bits per heavy atom. The minimum Gasteiger partial charge on any atom is -0.352 e. The number of carbonyl (C=O) groups is 1. The minimum absolute atomic E-state index is 0.0249. The van der Waals surface area contributed by atoms with Gasteiger partial charge in [-0.1, -0.05) is 36.4 Å². The van der Waals surface area contributed by atoms with Crippen LogP contribution in [0, 0.1) is 0 Å². The first-order valence-electron chi connectivity index (χ1n) is 7.18. The van der Waals surface area contributed by atoms with E-state index in [-0.39, 0.29) is 11.5 Å². The zero-order chi connectivity index (χ0) is 15.4. The van der Waals surface area contributed by atoms with Crippen LogP contribution in [0.25, 0.3) is 10.8 Å². The van der Waals surface area contributed by atoms with Crippen LogP contribution in [0.15, 0.2) is 65.6 Å². The maximum absolute atomic E-state index is 11.2. The summed E-state index contributed by atoms with van der Waals surface area (Å²) in [5.41, 5.74) is 1.97. The number of carbonyl (C=O) groups excluding carboxylic acids is 1. The molecular formula is C18H16N2O2. The first kappa shape index (κ1) is 14.1. The van der Waals surface area contributed by atoms with Gasteiger partial charge in [0.15, 0.2) is 0 Å². The molecular weight excluding hydrogens is 276 g/mol. The highest BCUT2D eigenvalue weighted by Gasteiger charge is 2.14. The zero-order valence-electron chi connectivity index (χ0n) is 12.0. The average molecular weight is 292 g/mol. The van der Waals surface area contributed by atoms with Crippen molar-refractivity contribution in [1.82, 2.24) is 10.3 Å². The van der Waals surface area contributed by atoms with Crippen molar-refractivity contribution in [3.05, 3.63) is 82.3 Å². The van der Waals surface area contributed by atoms with Crippen molar-refractivity contribution in [1.29, 1.82) is 0 Å². The molecule has 0 atom stereocenters. The van der Waals surface area contributed by atoms with Crippen LogP contribution < -0.4 is 10.9 Å². The van der Waals surface area contributed by atoms with Crippen LogP contribution in [0.1, 0.15) is 15.9 Å². The van der Waals surface area contributed by atoms with Crippen molar-refractivity contribution < 1.29 is 4.79 Å². The van der Waals surface area contributed by atoms with Crippen molar-refractivity contribution in [3.63, 3.8) is 0 Å². The Balaban J connectivity index is 0.000000131. The lowest BCUT2D eigenvalue weighted by Crippen LogP contribution is -2.31. The maximum Gasteiger partial charge on any atom is 0.255 e. The molecule has 0 unspecified atom stereocenters. The van der Waals surface area contributed by atoms with Crippen LogP contribution in [0.5, 0.6) is 0 Å². The van der Waals surface area contributed by atoms with Gasteiger partial charge < -0.3 is 10.3 Å². The molecule has 3 aromatic rings. The third kappa shape index (κ3) is 2.91. The van der Waals surface area contributed by atoms with E-state index in [1.165, 1.54) is 0 Å². The van der Waals surface area contributed by atoms with Gasteiger partial charge in [0, 0.05) is 23.7 Å². The lowest BCUT2D eigenvalue weighted by atomic mass is 10.0. The summed E-state index contributed by atoms with van der Waals surface area (Å²) in [6.45, 7) is 0.774. The van der Waals surface area contributed by atoms with E-state index in [9.17, 15) is 9.59 Å². The fourth-order valence-electron chi connectivity index (χ4n) is 2.50. The second-order valence-corrected chi connectivity index (χ2v) is 5.06. The molecule has 0 spiro atoms. The summed E-state index contributed by atoms with van der Waals surface area (Å²) >= 11 is 0. The Hall–Kier alpha value is -2.88. The number of nitrogens with one attached hydrogen (secondary N) is 2. The van der Waals surface area contributed by atoms with E-state index in [1.54, 1.807) is 6.20 Å². The smallest absolute Gasteiger partial charge is 0.255 e. The quantitative estimate of drug-likeness (QED) is 0.668. The molecule has 2 aromatic carbocycles. The summed E-state index contributed by atoms with van der Waals surface area (Å²) < 4.78 is 0. The van der Waals surface area contributed by atoms with E-state index in [0.29, 0.717) is 0 Å². The van der Waals surface area contributed by atoms with Gasteiger partial charge in [-0.3, -0.25) is 9.59 Å². The lowest BCUT2D eigenvalue weighted by molar-refractivity contribution is 0.0946. The van der Waals surface area contributed by atoms with Gasteiger partial charge in [0.2, 0.25) is 0 Å². The number of aromatic nitrogens is 1. The average Bonchev–Trinajstić information content (AvgIpc) is 2.57. The zero-order valence-corrected chi connectivity index (χ0v) is 12.0.